The first-order valence-corrected chi connectivity index (χ1v) is 10.4. The zero-order chi connectivity index (χ0) is 19.7. The number of unbranched alkanes of at least 4 members (excludes halogenated alkanes) is 4. The van der Waals surface area contributed by atoms with E-state index in [2.05, 4.69) is 14.9 Å². The van der Waals surface area contributed by atoms with Crippen LogP contribution < -0.4 is 0 Å². The van der Waals surface area contributed by atoms with Gasteiger partial charge in [-0.05, 0) is 37.1 Å². The highest BCUT2D eigenvalue weighted by molar-refractivity contribution is 7.90. The number of carbonyl (C=O) groups excluding carboxylic acids is 1. The zero-order valence-electron chi connectivity index (χ0n) is 15.2. The van der Waals surface area contributed by atoms with E-state index < -0.39 is 21.4 Å². The molecule has 0 bridgehead atoms. The van der Waals surface area contributed by atoms with Crippen LogP contribution in [0.3, 0.4) is 0 Å². The van der Waals surface area contributed by atoms with Gasteiger partial charge in [0.05, 0.1) is 12.0 Å². The van der Waals surface area contributed by atoms with Crippen LogP contribution in [0.15, 0.2) is 33.7 Å². The lowest BCUT2D eigenvalue weighted by atomic mass is 10.1. The van der Waals surface area contributed by atoms with Crippen molar-refractivity contribution in [1.29, 1.82) is 0 Å². The summed E-state index contributed by atoms with van der Waals surface area (Å²) >= 11 is 0. The van der Waals surface area contributed by atoms with Gasteiger partial charge in [0.2, 0.25) is 5.89 Å². The first-order chi connectivity index (χ1) is 12.9. The molecule has 2 aromatic rings. The van der Waals surface area contributed by atoms with Crippen molar-refractivity contribution in [2.24, 2.45) is 0 Å². The summed E-state index contributed by atoms with van der Waals surface area (Å²) in [5.74, 6) is -0.596. The molecule has 1 aromatic heterocycles. The monoisotopic (exact) mass is 398 g/mol. The summed E-state index contributed by atoms with van der Waals surface area (Å²) in [6.07, 6.45) is 5.53. The summed E-state index contributed by atoms with van der Waals surface area (Å²) in [6, 6.07) is 4.62. The van der Waals surface area contributed by atoms with Crippen molar-refractivity contribution >= 4 is 15.8 Å². The summed E-state index contributed by atoms with van der Waals surface area (Å²) in [5.41, 5.74) is 0. The van der Waals surface area contributed by atoms with Crippen LogP contribution in [-0.4, -0.2) is 31.6 Å². The van der Waals surface area contributed by atoms with Crippen molar-refractivity contribution in [3.63, 3.8) is 0 Å². The summed E-state index contributed by atoms with van der Waals surface area (Å²) in [6.45, 7) is 0. The minimum Gasteiger partial charge on any atom is -0.469 e. The van der Waals surface area contributed by atoms with Gasteiger partial charge in [-0.15, -0.1) is 0 Å². The molecule has 0 amide bonds. The molecule has 1 heterocycles. The molecular weight excluding hydrogens is 375 g/mol. The number of aryl methyl sites for hydroxylation is 1. The number of ether oxygens (including phenoxy) is 1. The number of halogens is 1. The standard InChI is InChI=1S/C18H23FN2O5S/c1-25-18(22)8-6-4-2-3-5-7-17-20-16(21-26-17)13-27(23,24)15-11-9-14(19)10-12-15/h9-12H,2-8,13H2,1H3. The number of benzene rings is 1. The van der Waals surface area contributed by atoms with Gasteiger partial charge in [0.25, 0.3) is 0 Å². The fourth-order valence-electron chi connectivity index (χ4n) is 2.52. The van der Waals surface area contributed by atoms with Crippen LogP contribution in [0.2, 0.25) is 0 Å². The highest BCUT2D eigenvalue weighted by Crippen LogP contribution is 2.16. The van der Waals surface area contributed by atoms with Gasteiger partial charge in [-0.25, -0.2) is 12.8 Å². The molecule has 0 atom stereocenters. The van der Waals surface area contributed by atoms with Gasteiger partial charge >= 0.3 is 5.97 Å². The lowest BCUT2D eigenvalue weighted by Crippen LogP contribution is -2.06. The molecule has 0 unspecified atom stereocenters. The number of rotatable bonds is 11. The van der Waals surface area contributed by atoms with Crippen LogP contribution in [-0.2, 0) is 31.5 Å². The summed E-state index contributed by atoms with van der Waals surface area (Å²) in [7, 11) is -2.27. The highest BCUT2D eigenvalue weighted by atomic mass is 32.2. The highest BCUT2D eigenvalue weighted by Gasteiger charge is 2.19. The minimum atomic E-state index is -3.65. The van der Waals surface area contributed by atoms with Crippen LogP contribution in [0.5, 0.6) is 0 Å². The first-order valence-electron chi connectivity index (χ1n) is 8.77. The van der Waals surface area contributed by atoms with E-state index in [9.17, 15) is 17.6 Å². The molecule has 0 saturated carbocycles. The van der Waals surface area contributed by atoms with Gasteiger partial charge in [-0.3, -0.25) is 4.79 Å². The van der Waals surface area contributed by atoms with Gasteiger partial charge in [0.15, 0.2) is 15.7 Å². The van der Waals surface area contributed by atoms with E-state index >= 15 is 0 Å². The number of hydrogen-bond acceptors (Lipinski definition) is 7. The topological polar surface area (TPSA) is 99.4 Å². The fourth-order valence-corrected chi connectivity index (χ4v) is 3.70. The smallest absolute Gasteiger partial charge is 0.305 e. The molecule has 27 heavy (non-hydrogen) atoms. The number of nitrogens with zero attached hydrogens (tertiary/aromatic N) is 2. The number of methoxy groups -OCH3 is 1. The molecule has 148 valence electrons. The van der Waals surface area contributed by atoms with E-state index in [1.54, 1.807) is 0 Å². The van der Waals surface area contributed by atoms with Gasteiger partial charge in [0, 0.05) is 12.8 Å². The Kier molecular flexibility index (Phi) is 7.90. The molecule has 7 nitrogen and oxygen atoms in total. The molecule has 0 fully saturated rings. The molecule has 2 rings (SSSR count). The quantitative estimate of drug-likeness (QED) is 0.325. The maximum absolute atomic E-state index is 12.9. The number of carbonyl (C=O) groups is 1. The third-order valence-electron chi connectivity index (χ3n) is 4.00. The molecule has 0 saturated heterocycles. The van der Waals surface area contributed by atoms with Crippen molar-refractivity contribution in [3.05, 3.63) is 41.8 Å². The van der Waals surface area contributed by atoms with Crippen LogP contribution in [0.4, 0.5) is 4.39 Å². The van der Waals surface area contributed by atoms with Gasteiger partial charge in [-0.2, -0.15) is 4.98 Å². The number of hydrogen-bond donors (Lipinski definition) is 0. The van der Waals surface area contributed by atoms with Crippen LogP contribution >= 0.6 is 0 Å². The Hall–Kier alpha value is -2.29. The Labute approximate surface area is 157 Å². The second-order valence-electron chi connectivity index (χ2n) is 6.16. The van der Waals surface area contributed by atoms with Crippen LogP contribution in [0, 0.1) is 5.82 Å². The van der Waals surface area contributed by atoms with Gasteiger partial charge in [-0.1, -0.05) is 24.4 Å². The lowest BCUT2D eigenvalue weighted by Gasteiger charge is -2.01. The van der Waals surface area contributed by atoms with Crippen LogP contribution in [0.25, 0.3) is 0 Å². The lowest BCUT2D eigenvalue weighted by molar-refractivity contribution is -0.140. The second-order valence-corrected chi connectivity index (χ2v) is 8.15. The maximum atomic E-state index is 12.9. The van der Waals surface area contributed by atoms with Crippen molar-refractivity contribution in [2.45, 2.75) is 55.6 Å². The van der Waals surface area contributed by atoms with Gasteiger partial charge < -0.3 is 9.26 Å². The van der Waals surface area contributed by atoms with E-state index in [4.69, 9.17) is 4.52 Å². The predicted molar refractivity (Wildman–Crippen MR) is 95.0 cm³/mol. The number of esters is 1. The van der Waals surface area contributed by atoms with E-state index in [0.717, 1.165) is 44.2 Å². The molecule has 0 N–H and O–H groups in total. The van der Waals surface area contributed by atoms with E-state index in [1.165, 1.54) is 19.2 Å². The average Bonchev–Trinajstić information content (AvgIpc) is 3.07. The Morgan fingerprint density at radius 2 is 1.78 bits per heavy atom. The SMILES string of the molecule is COC(=O)CCCCCCCc1nc(CS(=O)(=O)c2ccc(F)cc2)no1. The Morgan fingerprint density at radius 3 is 2.48 bits per heavy atom. The largest absolute Gasteiger partial charge is 0.469 e. The summed E-state index contributed by atoms with van der Waals surface area (Å²) in [5, 5.41) is 3.71. The predicted octanol–water partition coefficient (Wildman–Crippen LogP) is 3.24. The molecule has 0 aliphatic carbocycles. The van der Waals surface area contributed by atoms with Crippen LogP contribution in [0.1, 0.15) is 50.2 Å². The van der Waals surface area contributed by atoms with Gasteiger partial charge in [0.1, 0.15) is 11.6 Å². The molecule has 1 aromatic carbocycles. The summed E-state index contributed by atoms with van der Waals surface area (Å²) < 4.78 is 47.1. The Bertz CT molecular complexity index is 834. The van der Waals surface area contributed by atoms with E-state index in [-0.39, 0.29) is 16.7 Å². The molecule has 0 spiro atoms. The second kappa shape index (κ2) is 10.1. The Balaban J connectivity index is 1.73. The van der Waals surface area contributed by atoms with Crippen molar-refractivity contribution in [2.75, 3.05) is 7.11 Å². The Morgan fingerprint density at radius 1 is 1.11 bits per heavy atom. The minimum absolute atomic E-state index is 0.0159. The zero-order valence-corrected chi connectivity index (χ0v) is 16.0. The van der Waals surface area contributed by atoms with Crippen molar-refractivity contribution < 1.29 is 26.9 Å². The first kappa shape index (κ1) is 21.0. The number of sulfone groups is 1. The molecule has 0 aliphatic rings. The molecule has 9 heteroatoms. The maximum Gasteiger partial charge on any atom is 0.305 e. The van der Waals surface area contributed by atoms with Crippen molar-refractivity contribution in [1.82, 2.24) is 10.1 Å². The van der Waals surface area contributed by atoms with E-state index in [1.807, 2.05) is 0 Å². The average molecular weight is 398 g/mol. The fraction of sp³-hybridized carbons (Fsp3) is 0.500. The molecular formula is C18H23FN2O5S. The molecule has 0 aliphatic heterocycles. The van der Waals surface area contributed by atoms with Crippen molar-refractivity contribution in [3.8, 4) is 0 Å². The number of aromatic nitrogens is 2. The molecule has 0 radical (unpaired) electrons. The normalized spacial score (nSPS) is 11.5. The summed E-state index contributed by atoms with van der Waals surface area (Å²) in [4.78, 5) is 15.1. The van der Waals surface area contributed by atoms with E-state index in [0.29, 0.717) is 18.7 Å². The third-order valence-corrected chi connectivity index (χ3v) is 5.63. The third kappa shape index (κ3) is 7.09.